The number of hydrogen-bond donors (Lipinski definition) is 0. The van der Waals surface area contributed by atoms with Gasteiger partial charge in [0.25, 0.3) is 0 Å². The summed E-state index contributed by atoms with van der Waals surface area (Å²) in [5.41, 5.74) is -0.355. The van der Waals surface area contributed by atoms with E-state index in [0.717, 1.165) is 12.8 Å². The van der Waals surface area contributed by atoms with Crippen molar-refractivity contribution in [2.24, 2.45) is 11.3 Å². The van der Waals surface area contributed by atoms with E-state index in [1.807, 2.05) is 20.8 Å². The molecule has 0 aromatic heterocycles. The largest absolute Gasteiger partial charge is 0.291 e. The maximum absolute atomic E-state index is 11.5. The molecule has 2 heteroatoms. The Hall–Kier alpha value is -0.660. The lowest BCUT2D eigenvalue weighted by Gasteiger charge is -2.26. The molecule has 1 rings (SSSR count). The molecule has 0 aromatic carbocycles. The van der Waals surface area contributed by atoms with E-state index in [4.69, 9.17) is 0 Å². The van der Waals surface area contributed by atoms with Crippen LogP contribution in [0.1, 0.15) is 40.0 Å². The molecular formula is C10H16O2. The lowest BCUT2D eigenvalue weighted by molar-refractivity contribution is -0.138. The second-order valence-corrected chi connectivity index (χ2v) is 3.83. The maximum atomic E-state index is 11.5. The van der Waals surface area contributed by atoms with Crippen molar-refractivity contribution in [3.63, 3.8) is 0 Å². The van der Waals surface area contributed by atoms with E-state index < -0.39 is 0 Å². The van der Waals surface area contributed by atoms with Gasteiger partial charge in [-0.25, -0.2) is 0 Å². The van der Waals surface area contributed by atoms with Crippen molar-refractivity contribution in [1.82, 2.24) is 0 Å². The zero-order valence-electron chi connectivity index (χ0n) is 8.02. The fraction of sp³-hybridized carbons (Fsp3) is 0.800. The molecule has 0 aromatic rings. The molecule has 2 unspecified atom stereocenters. The van der Waals surface area contributed by atoms with Crippen molar-refractivity contribution >= 4 is 11.6 Å². The molecule has 0 aliphatic heterocycles. The molecule has 1 aliphatic rings. The first-order chi connectivity index (χ1) is 5.56. The number of Topliss-reactive ketones (excluding diaryl/α,β-unsaturated/α-hetero) is 2. The minimum Gasteiger partial charge on any atom is -0.291 e. The Morgan fingerprint density at radius 3 is 2.33 bits per heavy atom. The van der Waals surface area contributed by atoms with Crippen LogP contribution in [0, 0.1) is 11.3 Å². The maximum Gasteiger partial charge on any atom is 0.204 e. The average molecular weight is 168 g/mol. The van der Waals surface area contributed by atoms with E-state index in [9.17, 15) is 9.59 Å². The van der Waals surface area contributed by atoms with Crippen LogP contribution in [0.3, 0.4) is 0 Å². The zero-order valence-corrected chi connectivity index (χ0v) is 8.02. The highest BCUT2D eigenvalue weighted by atomic mass is 16.2. The minimum atomic E-state index is -0.355. The SMILES string of the molecule is CCC1CC(=O)C(=O)C1(C)CC. The van der Waals surface area contributed by atoms with E-state index >= 15 is 0 Å². The molecule has 0 heterocycles. The van der Waals surface area contributed by atoms with Crippen molar-refractivity contribution in [3.8, 4) is 0 Å². The van der Waals surface area contributed by atoms with Crippen molar-refractivity contribution < 1.29 is 9.59 Å². The normalized spacial score (nSPS) is 36.1. The molecule has 1 aliphatic carbocycles. The number of carbonyl (C=O) groups excluding carboxylic acids is 2. The predicted molar refractivity (Wildman–Crippen MR) is 46.8 cm³/mol. The van der Waals surface area contributed by atoms with Crippen LogP contribution >= 0.6 is 0 Å². The summed E-state index contributed by atoms with van der Waals surface area (Å²) in [5, 5.41) is 0. The van der Waals surface area contributed by atoms with Gasteiger partial charge in [-0.2, -0.15) is 0 Å². The summed E-state index contributed by atoms with van der Waals surface area (Å²) in [7, 11) is 0. The van der Waals surface area contributed by atoms with Gasteiger partial charge in [-0.15, -0.1) is 0 Å². The van der Waals surface area contributed by atoms with Crippen LogP contribution in [-0.4, -0.2) is 11.6 Å². The molecule has 2 nitrogen and oxygen atoms in total. The fourth-order valence-electron chi connectivity index (χ4n) is 2.09. The molecule has 2 atom stereocenters. The quantitative estimate of drug-likeness (QED) is 0.591. The van der Waals surface area contributed by atoms with Crippen LogP contribution in [0.2, 0.25) is 0 Å². The third kappa shape index (κ3) is 1.10. The van der Waals surface area contributed by atoms with Crippen molar-refractivity contribution in [1.29, 1.82) is 0 Å². The number of ketones is 2. The first-order valence-corrected chi connectivity index (χ1v) is 4.63. The van der Waals surface area contributed by atoms with Crippen LogP contribution in [0.15, 0.2) is 0 Å². The fourth-order valence-corrected chi connectivity index (χ4v) is 2.09. The van der Waals surface area contributed by atoms with Crippen molar-refractivity contribution in [3.05, 3.63) is 0 Å². The first kappa shape index (κ1) is 9.43. The summed E-state index contributed by atoms with van der Waals surface area (Å²) in [4.78, 5) is 22.6. The van der Waals surface area contributed by atoms with Gasteiger partial charge in [0.15, 0.2) is 5.78 Å². The van der Waals surface area contributed by atoms with Crippen LogP contribution in [0.4, 0.5) is 0 Å². The van der Waals surface area contributed by atoms with Crippen LogP contribution in [-0.2, 0) is 9.59 Å². The predicted octanol–water partition coefficient (Wildman–Crippen LogP) is 1.97. The van der Waals surface area contributed by atoms with Gasteiger partial charge in [-0.05, 0) is 12.3 Å². The van der Waals surface area contributed by atoms with Gasteiger partial charge in [0.1, 0.15) is 0 Å². The standard InChI is InChI=1S/C10H16O2/c1-4-7-6-8(11)9(12)10(7,3)5-2/h7H,4-6H2,1-3H3. The highest BCUT2D eigenvalue weighted by Gasteiger charge is 2.48. The Morgan fingerprint density at radius 1 is 1.42 bits per heavy atom. The molecule has 0 saturated heterocycles. The van der Waals surface area contributed by atoms with Gasteiger partial charge >= 0.3 is 0 Å². The first-order valence-electron chi connectivity index (χ1n) is 4.63. The van der Waals surface area contributed by atoms with Gasteiger partial charge < -0.3 is 0 Å². The lowest BCUT2D eigenvalue weighted by atomic mass is 9.76. The van der Waals surface area contributed by atoms with Gasteiger partial charge in [-0.3, -0.25) is 9.59 Å². The van der Waals surface area contributed by atoms with E-state index in [1.54, 1.807) is 0 Å². The summed E-state index contributed by atoms with van der Waals surface area (Å²) in [6.07, 6.45) is 2.19. The minimum absolute atomic E-state index is 0.142. The second kappa shape index (κ2) is 3.00. The van der Waals surface area contributed by atoms with Gasteiger partial charge in [0.2, 0.25) is 5.78 Å². The summed E-state index contributed by atoms with van der Waals surface area (Å²) < 4.78 is 0. The Morgan fingerprint density at radius 2 is 2.00 bits per heavy atom. The average Bonchev–Trinajstić information content (AvgIpc) is 2.30. The van der Waals surface area contributed by atoms with E-state index in [1.165, 1.54) is 0 Å². The summed E-state index contributed by atoms with van der Waals surface area (Å²) in [6.45, 7) is 5.96. The Kier molecular flexibility index (Phi) is 2.36. The zero-order chi connectivity index (χ0) is 9.35. The Bertz CT molecular complexity index is 220. The molecular weight excluding hydrogens is 152 g/mol. The third-order valence-electron chi connectivity index (χ3n) is 3.33. The van der Waals surface area contributed by atoms with Gasteiger partial charge in [-0.1, -0.05) is 27.2 Å². The smallest absolute Gasteiger partial charge is 0.204 e. The molecule has 68 valence electrons. The number of rotatable bonds is 2. The Balaban J connectivity index is 2.95. The summed E-state index contributed by atoms with van der Waals surface area (Å²) in [5.74, 6) is -0.0226. The molecule has 0 N–H and O–H groups in total. The lowest BCUT2D eigenvalue weighted by Crippen LogP contribution is -2.29. The molecule has 0 amide bonds. The van der Waals surface area contributed by atoms with Crippen LogP contribution in [0.5, 0.6) is 0 Å². The van der Waals surface area contributed by atoms with E-state index in [-0.39, 0.29) is 22.9 Å². The molecule has 1 fully saturated rings. The van der Waals surface area contributed by atoms with Crippen LogP contribution in [0.25, 0.3) is 0 Å². The van der Waals surface area contributed by atoms with Crippen LogP contribution < -0.4 is 0 Å². The third-order valence-corrected chi connectivity index (χ3v) is 3.33. The van der Waals surface area contributed by atoms with Gasteiger partial charge in [0, 0.05) is 11.8 Å². The summed E-state index contributed by atoms with van der Waals surface area (Å²) >= 11 is 0. The van der Waals surface area contributed by atoms with Crippen molar-refractivity contribution in [2.45, 2.75) is 40.0 Å². The highest BCUT2D eigenvalue weighted by molar-refractivity contribution is 6.41. The topological polar surface area (TPSA) is 34.1 Å². The number of carbonyl (C=O) groups is 2. The molecule has 1 saturated carbocycles. The Labute approximate surface area is 73.3 Å². The van der Waals surface area contributed by atoms with E-state index in [0.29, 0.717) is 6.42 Å². The molecule has 12 heavy (non-hydrogen) atoms. The van der Waals surface area contributed by atoms with Crippen molar-refractivity contribution in [2.75, 3.05) is 0 Å². The summed E-state index contributed by atoms with van der Waals surface area (Å²) in [6, 6.07) is 0. The highest BCUT2D eigenvalue weighted by Crippen LogP contribution is 2.42. The van der Waals surface area contributed by atoms with Gasteiger partial charge in [0.05, 0.1) is 0 Å². The molecule has 0 bridgehead atoms. The monoisotopic (exact) mass is 168 g/mol. The molecule has 0 spiro atoms. The van der Waals surface area contributed by atoms with E-state index in [2.05, 4.69) is 0 Å². The molecule has 0 radical (unpaired) electrons. The second-order valence-electron chi connectivity index (χ2n) is 3.83. The number of hydrogen-bond acceptors (Lipinski definition) is 2.